The molecule has 0 atom stereocenters. The van der Waals surface area contributed by atoms with E-state index in [-0.39, 0.29) is 12.4 Å². The van der Waals surface area contributed by atoms with Crippen molar-refractivity contribution in [2.45, 2.75) is 5.02 Å². The molecule has 0 saturated heterocycles. The summed E-state index contributed by atoms with van der Waals surface area (Å²) >= 11 is 1.35. The Bertz CT molecular complexity index is 398. The summed E-state index contributed by atoms with van der Waals surface area (Å²) in [5.41, 5.74) is 1.47. The van der Waals surface area contributed by atoms with E-state index in [0.29, 0.717) is 0 Å². The van der Waals surface area contributed by atoms with Crippen molar-refractivity contribution in [1.82, 2.24) is 0 Å². The summed E-state index contributed by atoms with van der Waals surface area (Å²) in [4.78, 5) is 0. The van der Waals surface area contributed by atoms with Crippen LogP contribution in [-0.4, -0.2) is 0 Å². The molecule has 2 rings (SSSR count). The van der Waals surface area contributed by atoms with Gasteiger partial charge in [-0.15, -0.1) is 0 Å². The van der Waals surface area contributed by atoms with Gasteiger partial charge in [0, 0.05) is 0 Å². The molecule has 0 nitrogen and oxygen atoms in total. The molecular weight excluding hydrogens is 233 g/mol. The molecule has 0 aliphatic rings. The summed E-state index contributed by atoms with van der Waals surface area (Å²) in [7, 11) is 0. The molecule has 0 saturated carbocycles. The van der Waals surface area contributed by atoms with Crippen molar-refractivity contribution in [2.24, 2.45) is 0 Å². The van der Waals surface area contributed by atoms with Gasteiger partial charge in [0.25, 0.3) is 0 Å². The second kappa shape index (κ2) is 4.74. The van der Waals surface area contributed by atoms with Crippen molar-refractivity contribution < 1.29 is 30.7 Å². The molecule has 0 N–H and O–H groups in total. The quantitative estimate of drug-likeness (QED) is 0.612. The molecule has 0 unspecified atom stereocenters. The summed E-state index contributed by atoms with van der Waals surface area (Å²) in [6, 6.07) is 15.2. The van der Waals surface area contributed by atoms with Crippen molar-refractivity contribution >= 4 is 10.8 Å². The summed E-state index contributed by atoms with van der Waals surface area (Å²) < 4.78 is 0. The molecular formula is C11H9ClZn. The number of hydrogen-bond donors (Lipinski definition) is 0. The second-order valence-corrected chi connectivity index (χ2v) is 3.98. The topological polar surface area (TPSA) is 0 Å². The molecule has 2 aromatic carbocycles. The van der Waals surface area contributed by atoms with Crippen LogP contribution < -0.4 is 12.4 Å². The Balaban J connectivity index is 0.000000845. The van der Waals surface area contributed by atoms with Crippen molar-refractivity contribution in [1.29, 1.82) is 0 Å². The predicted octanol–water partition coefficient (Wildman–Crippen LogP) is -0.109. The van der Waals surface area contributed by atoms with Crippen LogP contribution in [0.3, 0.4) is 0 Å². The molecule has 0 spiro atoms. The molecule has 0 amide bonds. The zero-order valence-electron chi connectivity index (χ0n) is 7.33. The Morgan fingerprint density at radius 1 is 0.923 bits per heavy atom. The van der Waals surface area contributed by atoms with Crippen molar-refractivity contribution in [3.8, 4) is 0 Å². The van der Waals surface area contributed by atoms with Crippen LogP contribution in [0.2, 0.25) is 0 Å². The van der Waals surface area contributed by atoms with Crippen molar-refractivity contribution in [3.63, 3.8) is 0 Å². The van der Waals surface area contributed by atoms with Crippen LogP contribution >= 0.6 is 0 Å². The molecule has 2 aromatic rings. The first-order chi connectivity index (χ1) is 5.90. The normalized spacial score (nSPS) is 9.69. The Kier molecular flexibility index (Phi) is 3.90. The molecule has 13 heavy (non-hydrogen) atoms. The molecule has 0 bridgehead atoms. The molecule has 62 valence electrons. The summed E-state index contributed by atoms with van der Waals surface area (Å²) in [6.07, 6.45) is 0. The van der Waals surface area contributed by atoms with Crippen LogP contribution in [0.4, 0.5) is 0 Å². The average molecular weight is 242 g/mol. The van der Waals surface area contributed by atoms with Gasteiger partial charge in [-0.25, -0.2) is 0 Å². The van der Waals surface area contributed by atoms with Crippen LogP contribution in [0.15, 0.2) is 42.5 Å². The zero-order chi connectivity index (χ0) is 8.39. The van der Waals surface area contributed by atoms with Gasteiger partial charge in [0.2, 0.25) is 0 Å². The third kappa shape index (κ3) is 2.30. The summed E-state index contributed by atoms with van der Waals surface area (Å²) in [6.45, 7) is 0. The molecule has 0 heterocycles. The van der Waals surface area contributed by atoms with Gasteiger partial charge >= 0.3 is 82.1 Å². The first-order valence-electron chi connectivity index (χ1n) is 4.17. The second-order valence-electron chi connectivity index (χ2n) is 2.93. The number of fused-ring (bicyclic) bond motifs is 1. The molecule has 0 radical (unpaired) electrons. The predicted molar refractivity (Wildman–Crippen MR) is 47.7 cm³/mol. The first kappa shape index (κ1) is 10.7. The number of hydrogen-bond acceptors (Lipinski definition) is 0. The van der Waals surface area contributed by atoms with Crippen LogP contribution in [0, 0.1) is 0 Å². The third-order valence-corrected chi connectivity index (χ3v) is 3.31. The maximum atomic E-state index is 2.29. The van der Waals surface area contributed by atoms with Crippen molar-refractivity contribution in [3.05, 3.63) is 48.0 Å². The Morgan fingerprint density at radius 2 is 1.62 bits per heavy atom. The van der Waals surface area contributed by atoms with Gasteiger partial charge in [-0.2, -0.15) is 0 Å². The summed E-state index contributed by atoms with van der Waals surface area (Å²) in [5, 5.41) is 3.95. The van der Waals surface area contributed by atoms with E-state index in [4.69, 9.17) is 0 Å². The molecule has 0 aromatic heterocycles. The number of benzene rings is 2. The van der Waals surface area contributed by atoms with Gasteiger partial charge in [0.05, 0.1) is 0 Å². The SMILES string of the molecule is [Cl-].[Zn+][CH2]c1ccc2ccccc2c1. The van der Waals surface area contributed by atoms with E-state index >= 15 is 0 Å². The van der Waals surface area contributed by atoms with Crippen LogP contribution in [-0.2, 0) is 23.3 Å². The Labute approximate surface area is 94.4 Å². The summed E-state index contributed by atoms with van der Waals surface area (Å²) in [5.74, 6) is 0. The maximum absolute atomic E-state index is 2.29. The van der Waals surface area contributed by atoms with Crippen LogP contribution in [0.1, 0.15) is 5.56 Å². The zero-order valence-corrected chi connectivity index (χ0v) is 11.1. The average Bonchev–Trinajstić information content (AvgIpc) is 2.17. The molecule has 2 heteroatoms. The molecule has 0 fully saturated rings. The van der Waals surface area contributed by atoms with E-state index in [0.717, 1.165) is 0 Å². The van der Waals surface area contributed by atoms with E-state index < -0.39 is 0 Å². The Hall–Kier alpha value is -0.387. The fourth-order valence-corrected chi connectivity index (χ4v) is 2.05. The monoisotopic (exact) mass is 240 g/mol. The molecule has 0 aliphatic carbocycles. The number of halogens is 1. The van der Waals surface area contributed by atoms with E-state index in [1.54, 1.807) is 0 Å². The van der Waals surface area contributed by atoms with Gasteiger partial charge in [0.1, 0.15) is 0 Å². The van der Waals surface area contributed by atoms with Gasteiger partial charge in [-0.3, -0.25) is 0 Å². The fraction of sp³-hybridized carbons (Fsp3) is 0.0909. The van der Waals surface area contributed by atoms with E-state index in [9.17, 15) is 0 Å². The first-order valence-corrected chi connectivity index (χ1v) is 6.27. The van der Waals surface area contributed by atoms with Crippen LogP contribution in [0.5, 0.6) is 0 Å². The fourth-order valence-electron chi connectivity index (χ4n) is 1.39. The van der Waals surface area contributed by atoms with Crippen LogP contribution in [0.25, 0.3) is 10.8 Å². The minimum absolute atomic E-state index is 0. The van der Waals surface area contributed by atoms with E-state index in [1.165, 1.54) is 39.7 Å². The van der Waals surface area contributed by atoms with Gasteiger partial charge in [-0.05, 0) is 0 Å². The van der Waals surface area contributed by atoms with E-state index in [1.807, 2.05) is 0 Å². The van der Waals surface area contributed by atoms with Gasteiger partial charge < -0.3 is 12.4 Å². The van der Waals surface area contributed by atoms with Gasteiger partial charge in [-0.1, -0.05) is 0 Å². The Morgan fingerprint density at radius 3 is 2.31 bits per heavy atom. The standard InChI is InChI=1S/C11H9.ClH.Zn/c1-9-6-7-10-4-2-3-5-11(10)8-9;;/h2-8H,1H2;1H;/q;;+1/p-1. The third-order valence-electron chi connectivity index (χ3n) is 2.10. The van der Waals surface area contributed by atoms with Crippen molar-refractivity contribution in [2.75, 3.05) is 0 Å². The van der Waals surface area contributed by atoms with Gasteiger partial charge in [0.15, 0.2) is 0 Å². The molecule has 0 aliphatic heterocycles. The van der Waals surface area contributed by atoms with E-state index in [2.05, 4.69) is 42.5 Å². The minimum atomic E-state index is 0. The number of rotatable bonds is 1.